The molecule has 20 heavy (non-hydrogen) atoms. The van der Waals surface area contributed by atoms with E-state index >= 15 is 0 Å². The summed E-state index contributed by atoms with van der Waals surface area (Å²) in [6.07, 6.45) is 1.13. The number of ether oxygens (including phenoxy) is 2. The van der Waals surface area contributed by atoms with Gasteiger partial charge in [0.1, 0.15) is 5.75 Å². The fourth-order valence-electron chi connectivity index (χ4n) is 1.79. The monoisotopic (exact) mass is 299 g/mol. The molecule has 0 bridgehead atoms. The molecule has 0 atom stereocenters. The Labute approximate surface area is 125 Å². The van der Waals surface area contributed by atoms with Crippen LogP contribution in [0.5, 0.6) is 5.75 Å². The summed E-state index contributed by atoms with van der Waals surface area (Å²) in [6.45, 7) is 5.49. The Morgan fingerprint density at radius 1 is 1.25 bits per heavy atom. The lowest BCUT2D eigenvalue weighted by atomic mass is 10.1. The number of hydrogen-bond donors (Lipinski definition) is 1. The molecule has 112 valence electrons. The molecule has 0 aromatic heterocycles. The van der Waals surface area contributed by atoms with Crippen LogP contribution >= 0.6 is 11.6 Å². The summed E-state index contributed by atoms with van der Waals surface area (Å²) >= 11 is 6.09. The molecule has 0 spiro atoms. The molecule has 0 aliphatic rings. The van der Waals surface area contributed by atoms with Crippen molar-refractivity contribution in [3.8, 4) is 5.75 Å². The van der Waals surface area contributed by atoms with Crippen molar-refractivity contribution in [1.82, 2.24) is 5.32 Å². The molecule has 1 aromatic carbocycles. The molecule has 0 aliphatic carbocycles. The zero-order valence-electron chi connectivity index (χ0n) is 12.3. The molecule has 4 nitrogen and oxygen atoms in total. The van der Waals surface area contributed by atoms with Crippen molar-refractivity contribution in [2.45, 2.75) is 26.7 Å². The van der Waals surface area contributed by atoms with Gasteiger partial charge in [-0.3, -0.25) is 4.79 Å². The zero-order valence-corrected chi connectivity index (χ0v) is 13.0. The number of halogens is 1. The SMILES string of the molecule is COCCNC(=O)CCCOc1cc(C)c(Cl)c(C)c1. The smallest absolute Gasteiger partial charge is 0.220 e. The summed E-state index contributed by atoms with van der Waals surface area (Å²) in [6, 6.07) is 3.82. The summed E-state index contributed by atoms with van der Waals surface area (Å²) in [5.41, 5.74) is 2.00. The van der Waals surface area contributed by atoms with E-state index in [2.05, 4.69) is 5.32 Å². The number of nitrogens with one attached hydrogen (secondary N) is 1. The Morgan fingerprint density at radius 2 is 1.90 bits per heavy atom. The van der Waals surface area contributed by atoms with Crippen molar-refractivity contribution in [2.75, 3.05) is 26.9 Å². The van der Waals surface area contributed by atoms with Crippen molar-refractivity contribution in [2.24, 2.45) is 0 Å². The number of benzene rings is 1. The van der Waals surface area contributed by atoms with Gasteiger partial charge in [0.2, 0.25) is 5.91 Å². The van der Waals surface area contributed by atoms with Crippen LogP contribution in [0.15, 0.2) is 12.1 Å². The second kappa shape index (κ2) is 8.82. The predicted octanol–water partition coefficient (Wildman–Crippen LogP) is 2.88. The number of carbonyl (C=O) groups is 1. The van der Waals surface area contributed by atoms with E-state index in [-0.39, 0.29) is 5.91 Å². The Balaban J connectivity index is 2.26. The normalized spacial score (nSPS) is 10.4. The molecule has 0 fully saturated rings. The van der Waals surface area contributed by atoms with Crippen LogP contribution in [0, 0.1) is 13.8 Å². The Kier molecular flexibility index (Phi) is 7.41. The van der Waals surface area contributed by atoms with E-state index in [4.69, 9.17) is 21.1 Å². The zero-order chi connectivity index (χ0) is 15.0. The number of methoxy groups -OCH3 is 1. The largest absolute Gasteiger partial charge is 0.494 e. The molecule has 0 saturated heterocycles. The minimum atomic E-state index is 0.0223. The Hall–Kier alpha value is -1.26. The molecule has 0 unspecified atom stereocenters. The van der Waals surface area contributed by atoms with Crippen LogP contribution in [0.4, 0.5) is 0 Å². The van der Waals surface area contributed by atoms with Crippen molar-refractivity contribution < 1.29 is 14.3 Å². The summed E-state index contributed by atoms with van der Waals surface area (Å²) in [4.78, 5) is 11.4. The number of aryl methyl sites for hydroxylation is 2. The molecule has 0 aliphatic heterocycles. The molecule has 1 aromatic rings. The van der Waals surface area contributed by atoms with Gasteiger partial charge in [-0.1, -0.05) is 11.6 Å². The standard InChI is InChI=1S/C15H22ClNO3/c1-11-9-13(10-12(2)15(11)16)20-7-4-5-14(18)17-6-8-19-3/h9-10H,4-8H2,1-3H3,(H,17,18). The van der Waals surface area contributed by atoms with E-state index in [1.54, 1.807) is 7.11 Å². The summed E-state index contributed by atoms with van der Waals surface area (Å²) in [5.74, 6) is 0.818. The average molecular weight is 300 g/mol. The minimum Gasteiger partial charge on any atom is -0.494 e. The fraction of sp³-hybridized carbons (Fsp3) is 0.533. The summed E-state index contributed by atoms with van der Waals surface area (Å²) < 4.78 is 10.5. The third-order valence-corrected chi connectivity index (χ3v) is 3.45. The van der Waals surface area contributed by atoms with Gasteiger partial charge < -0.3 is 14.8 Å². The number of hydrogen-bond acceptors (Lipinski definition) is 3. The third kappa shape index (κ3) is 5.80. The highest BCUT2D eigenvalue weighted by molar-refractivity contribution is 6.32. The fourth-order valence-corrected chi connectivity index (χ4v) is 1.90. The van der Waals surface area contributed by atoms with E-state index in [0.717, 1.165) is 21.9 Å². The van der Waals surface area contributed by atoms with Gasteiger partial charge in [-0.2, -0.15) is 0 Å². The molecule has 1 amide bonds. The van der Waals surface area contributed by atoms with Crippen molar-refractivity contribution in [3.05, 3.63) is 28.3 Å². The van der Waals surface area contributed by atoms with E-state index in [0.29, 0.717) is 32.6 Å². The highest BCUT2D eigenvalue weighted by Gasteiger charge is 2.04. The van der Waals surface area contributed by atoms with Gasteiger partial charge >= 0.3 is 0 Å². The summed E-state index contributed by atoms with van der Waals surface area (Å²) in [5, 5.41) is 3.54. The Morgan fingerprint density at radius 3 is 2.50 bits per heavy atom. The van der Waals surface area contributed by atoms with Crippen LogP contribution in [-0.4, -0.2) is 32.8 Å². The van der Waals surface area contributed by atoms with Gasteiger partial charge in [0.25, 0.3) is 0 Å². The topological polar surface area (TPSA) is 47.6 Å². The molecule has 0 heterocycles. The molecule has 5 heteroatoms. The maximum absolute atomic E-state index is 11.4. The van der Waals surface area contributed by atoms with Gasteiger partial charge in [0.15, 0.2) is 0 Å². The molecule has 1 rings (SSSR count). The van der Waals surface area contributed by atoms with Gasteiger partial charge in [0, 0.05) is 25.1 Å². The lowest BCUT2D eigenvalue weighted by Gasteiger charge is -2.10. The number of carbonyl (C=O) groups excluding carboxylic acids is 1. The molecule has 0 radical (unpaired) electrons. The quantitative estimate of drug-likeness (QED) is 0.751. The first-order chi connectivity index (χ1) is 9.54. The van der Waals surface area contributed by atoms with Crippen LogP contribution in [0.25, 0.3) is 0 Å². The maximum atomic E-state index is 11.4. The minimum absolute atomic E-state index is 0.0223. The van der Waals surface area contributed by atoms with Crippen LogP contribution < -0.4 is 10.1 Å². The first-order valence-corrected chi connectivity index (χ1v) is 7.07. The van der Waals surface area contributed by atoms with Crippen LogP contribution in [-0.2, 0) is 9.53 Å². The van der Waals surface area contributed by atoms with Gasteiger partial charge in [-0.05, 0) is 43.5 Å². The van der Waals surface area contributed by atoms with Crippen molar-refractivity contribution >= 4 is 17.5 Å². The number of amides is 1. The predicted molar refractivity (Wildman–Crippen MR) is 80.5 cm³/mol. The van der Waals surface area contributed by atoms with Crippen molar-refractivity contribution in [1.29, 1.82) is 0 Å². The van der Waals surface area contributed by atoms with E-state index < -0.39 is 0 Å². The van der Waals surface area contributed by atoms with Crippen LogP contribution in [0.1, 0.15) is 24.0 Å². The van der Waals surface area contributed by atoms with Crippen molar-refractivity contribution in [3.63, 3.8) is 0 Å². The highest BCUT2D eigenvalue weighted by atomic mass is 35.5. The Bertz CT molecular complexity index is 426. The second-order valence-corrected chi connectivity index (χ2v) is 5.04. The summed E-state index contributed by atoms with van der Waals surface area (Å²) in [7, 11) is 1.61. The molecule has 1 N–H and O–H groups in total. The second-order valence-electron chi connectivity index (χ2n) is 4.67. The van der Waals surface area contributed by atoms with Gasteiger partial charge in [-0.25, -0.2) is 0 Å². The van der Waals surface area contributed by atoms with Crippen LogP contribution in [0.3, 0.4) is 0 Å². The van der Waals surface area contributed by atoms with E-state index in [1.165, 1.54) is 0 Å². The highest BCUT2D eigenvalue weighted by Crippen LogP contribution is 2.25. The first-order valence-electron chi connectivity index (χ1n) is 6.69. The van der Waals surface area contributed by atoms with Gasteiger partial charge in [-0.15, -0.1) is 0 Å². The average Bonchev–Trinajstić information content (AvgIpc) is 2.41. The molecule has 0 saturated carbocycles. The maximum Gasteiger partial charge on any atom is 0.220 e. The lowest BCUT2D eigenvalue weighted by Crippen LogP contribution is -2.26. The third-order valence-electron chi connectivity index (χ3n) is 2.86. The molecular formula is C15H22ClNO3. The van der Waals surface area contributed by atoms with E-state index in [1.807, 2.05) is 26.0 Å². The lowest BCUT2D eigenvalue weighted by molar-refractivity contribution is -0.121. The van der Waals surface area contributed by atoms with Crippen LogP contribution in [0.2, 0.25) is 5.02 Å². The molecular weight excluding hydrogens is 278 g/mol. The number of rotatable bonds is 8. The van der Waals surface area contributed by atoms with Gasteiger partial charge in [0.05, 0.1) is 13.2 Å². The van der Waals surface area contributed by atoms with E-state index in [9.17, 15) is 4.79 Å². The first kappa shape index (κ1) is 16.8.